The van der Waals surface area contributed by atoms with Crippen LogP contribution in [0.2, 0.25) is 5.02 Å². The molecule has 51 heavy (non-hydrogen) atoms. The number of aryl methyl sites for hydroxylation is 1. The second-order valence-electron chi connectivity index (χ2n) is 12.4. The largest absolute Gasteiger partial charge is 0.457 e. The quantitative estimate of drug-likeness (QED) is 0.118. The Balaban J connectivity index is 1.56. The fourth-order valence-electron chi connectivity index (χ4n) is 5.50. The van der Waals surface area contributed by atoms with Crippen LogP contribution in [-0.4, -0.2) is 43.8 Å². The predicted octanol–water partition coefficient (Wildman–Crippen LogP) is 8.19. The Hall–Kier alpha value is -5.12. The number of para-hydroxylation sites is 1. The Morgan fingerprint density at radius 2 is 1.39 bits per heavy atom. The summed E-state index contributed by atoms with van der Waals surface area (Å²) < 4.78 is 35.8. The zero-order valence-corrected chi connectivity index (χ0v) is 30.5. The van der Waals surface area contributed by atoms with Crippen molar-refractivity contribution in [2.75, 3.05) is 10.8 Å². The molecule has 5 aromatic rings. The van der Waals surface area contributed by atoms with E-state index in [9.17, 15) is 18.0 Å². The number of carbonyl (C=O) groups excluding carboxylic acids is 2. The molecule has 0 heterocycles. The summed E-state index contributed by atoms with van der Waals surface area (Å²) >= 11 is 6.35. The number of hydrogen-bond acceptors (Lipinski definition) is 5. The van der Waals surface area contributed by atoms with Crippen molar-refractivity contribution in [2.45, 2.75) is 57.1 Å². The van der Waals surface area contributed by atoms with Crippen LogP contribution in [0.4, 0.5) is 5.69 Å². The lowest BCUT2D eigenvalue weighted by molar-refractivity contribution is -0.140. The first-order valence-corrected chi connectivity index (χ1v) is 18.7. The Morgan fingerprint density at radius 3 is 2.02 bits per heavy atom. The molecule has 1 N–H and O–H groups in total. The molecule has 0 unspecified atom stereocenters. The third kappa shape index (κ3) is 9.99. The van der Waals surface area contributed by atoms with Gasteiger partial charge in [-0.05, 0) is 92.1 Å². The molecule has 0 aliphatic heterocycles. The fraction of sp³-hybridized carbons (Fsp3) is 0.220. The smallest absolute Gasteiger partial charge is 0.264 e. The first kappa shape index (κ1) is 37.1. The van der Waals surface area contributed by atoms with Gasteiger partial charge >= 0.3 is 0 Å². The third-order valence-electron chi connectivity index (χ3n) is 8.51. The number of anilines is 1. The van der Waals surface area contributed by atoms with E-state index in [1.54, 1.807) is 54.6 Å². The van der Waals surface area contributed by atoms with Crippen LogP contribution < -0.4 is 14.4 Å². The molecule has 10 heteroatoms. The fourth-order valence-corrected chi connectivity index (χ4v) is 7.13. The highest BCUT2D eigenvalue weighted by atomic mass is 35.5. The van der Waals surface area contributed by atoms with E-state index in [1.807, 2.05) is 87.5 Å². The number of rotatable bonds is 15. The Labute approximate surface area is 305 Å². The number of hydrogen-bond donors (Lipinski definition) is 1. The van der Waals surface area contributed by atoms with Crippen LogP contribution in [0, 0.1) is 6.92 Å². The van der Waals surface area contributed by atoms with E-state index in [2.05, 4.69) is 5.32 Å². The van der Waals surface area contributed by atoms with Gasteiger partial charge in [-0.2, -0.15) is 0 Å². The SMILES string of the molecule is CC[C@@H](C)NC(=O)[C@H](Cc1ccccc1)N(Cc1cccc(Cl)c1)C(=O)CN(c1ccc(Oc2ccccc2)cc1)S(=O)(=O)c1ccc(C)cc1. The van der Waals surface area contributed by atoms with Gasteiger partial charge in [0.1, 0.15) is 24.1 Å². The minimum absolute atomic E-state index is 0.0209. The number of sulfonamides is 1. The summed E-state index contributed by atoms with van der Waals surface area (Å²) in [4.78, 5) is 30.3. The predicted molar refractivity (Wildman–Crippen MR) is 203 cm³/mol. The van der Waals surface area contributed by atoms with Gasteiger partial charge in [0.05, 0.1) is 10.6 Å². The van der Waals surface area contributed by atoms with Gasteiger partial charge in [-0.25, -0.2) is 8.42 Å². The molecule has 5 aromatic carbocycles. The van der Waals surface area contributed by atoms with Crippen LogP contribution in [0.1, 0.15) is 37.0 Å². The topological polar surface area (TPSA) is 96.0 Å². The molecule has 0 spiro atoms. The van der Waals surface area contributed by atoms with Crippen molar-refractivity contribution in [3.05, 3.63) is 155 Å². The van der Waals surface area contributed by atoms with Crippen LogP contribution in [-0.2, 0) is 32.6 Å². The maximum atomic E-state index is 14.7. The summed E-state index contributed by atoms with van der Waals surface area (Å²) in [7, 11) is -4.26. The lowest BCUT2D eigenvalue weighted by Gasteiger charge is -2.34. The Kier molecular flexibility index (Phi) is 12.5. The number of benzene rings is 5. The van der Waals surface area contributed by atoms with Gasteiger partial charge in [0.2, 0.25) is 11.8 Å². The van der Waals surface area contributed by atoms with E-state index in [0.717, 1.165) is 15.4 Å². The van der Waals surface area contributed by atoms with Crippen LogP contribution in [0.3, 0.4) is 0 Å². The van der Waals surface area contributed by atoms with E-state index in [-0.39, 0.29) is 35.5 Å². The van der Waals surface area contributed by atoms with Crippen molar-refractivity contribution >= 4 is 39.1 Å². The maximum Gasteiger partial charge on any atom is 0.264 e. The zero-order chi connectivity index (χ0) is 36.4. The van der Waals surface area contributed by atoms with Gasteiger partial charge in [-0.1, -0.05) is 96.9 Å². The molecule has 2 amide bonds. The Morgan fingerprint density at radius 1 is 0.784 bits per heavy atom. The van der Waals surface area contributed by atoms with Gasteiger partial charge in [0, 0.05) is 24.0 Å². The molecular formula is C41H42ClN3O5S. The summed E-state index contributed by atoms with van der Waals surface area (Å²) in [5, 5.41) is 3.53. The van der Waals surface area contributed by atoms with Crippen molar-refractivity contribution in [1.82, 2.24) is 10.2 Å². The van der Waals surface area contributed by atoms with Crippen LogP contribution in [0.15, 0.2) is 138 Å². The standard InChI is InChI=1S/C41H42ClN3O5S/c1-4-31(3)43-41(47)39(27-32-12-7-5-8-13-32)44(28-33-14-11-15-34(42)26-33)40(46)29-45(51(48,49)38-24-18-30(2)19-25-38)35-20-22-37(23-21-35)50-36-16-9-6-10-17-36/h5-26,31,39H,4,27-29H2,1-3H3,(H,43,47)/t31-,39+/m1/s1. The van der Waals surface area contributed by atoms with E-state index in [1.165, 1.54) is 17.0 Å². The summed E-state index contributed by atoms with van der Waals surface area (Å²) in [5.41, 5.74) is 2.70. The molecule has 0 saturated heterocycles. The number of amides is 2. The van der Waals surface area contributed by atoms with Crippen molar-refractivity contribution in [1.29, 1.82) is 0 Å². The van der Waals surface area contributed by atoms with Gasteiger partial charge in [0.25, 0.3) is 10.0 Å². The maximum absolute atomic E-state index is 14.7. The normalized spacial score (nSPS) is 12.4. The highest BCUT2D eigenvalue weighted by molar-refractivity contribution is 7.92. The molecule has 0 aromatic heterocycles. The van der Waals surface area contributed by atoms with Crippen molar-refractivity contribution in [3.8, 4) is 11.5 Å². The van der Waals surface area contributed by atoms with Crippen molar-refractivity contribution < 1.29 is 22.7 Å². The van der Waals surface area contributed by atoms with Gasteiger partial charge in [-0.3, -0.25) is 13.9 Å². The van der Waals surface area contributed by atoms with Gasteiger partial charge in [0.15, 0.2) is 0 Å². The summed E-state index contributed by atoms with van der Waals surface area (Å²) in [6.45, 7) is 5.19. The monoisotopic (exact) mass is 723 g/mol. The molecule has 0 aliphatic rings. The lowest BCUT2D eigenvalue weighted by Crippen LogP contribution is -2.54. The summed E-state index contributed by atoms with van der Waals surface area (Å²) in [6, 6.07) is 37.6. The second kappa shape index (κ2) is 17.2. The molecule has 2 atom stereocenters. The molecule has 264 valence electrons. The Bertz CT molecular complexity index is 2010. The highest BCUT2D eigenvalue weighted by Gasteiger charge is 2.35. The molecule has 0 saturated carbocycles. The van der Waals surface area contributed by atoms with Crippen LogP contribution in [0.25, 0.3) is 0 Å². The average molecular weight is 724 g/mol. The lowest BCUT2D eigenvalue weighted by atomic mass is 10.0. The molecule has 0 fully saturated rings. The van der Waals surface area contributed by atoms with Gasteiger partial charge < -0.3 is 15.0 Å². The minimum Gasteiger partial charge on any atom is -0.457 e. The highest BCUT2D eigenvalue weighted by Crippen LogP contribution is 2.29. The molecule has 8 nitrogen and oxygen atoms in total. The van der Waals surface area contributed by atoms with E-state index in [4.69, 9.17) is 16.3 Å². The molecule has 0 bridgehead atoms. The number of nitrogens with zero attached hydrogens (tertiary/aromatic N) is 2. The molecule has 0 aliphatic carbocycles. The van der Waals surface area contributed by atoms with Crippen molar-refractivity contribution in [2.24, 2.45) is 0 Å². The first-order valence-electron chi connectivity index (χ1n) is 16.8. The second-order valence-corrected chi connectivity index (χ2v) is 14.7. The number of halogens is 1. The van der Waals surface area contributed by atoms with E-state index < -0.39 is 28.5 Å². The number of carbonyl (C=O) groups is 2. The van der Waals surface area contributed by atoms with E-state index in [0.29, 0.717) is 28.5 Å². The van der Waals surface area contributed by atoms with Gasteiger partial charge in [-0.15, -0.1) is 0 Å². The first-order chi connectivity index (χ1) is 24.5. The number of ether oxygens (including phenoxy) is 1. The minimum atomic E-state index is -4.26. The van der Waals surface area contributed by atoms with Crippen LogP contribution in [0.5, 0.6) is 11.5 Å². The zero-order valence-electron chi connectivity index (χ0n) is 28.9. The number of nitrogens with one attached hydrogen (secondary N) is 1. The molecule has 5 rings (SSSR count). The summed E-state index contributed by atoms with van der Waals surface area (Å²) in [6.07, 6.45) is 0.907. The molecular weight excluding hydrogens is 682 g/mol. The molecule has 0 radical (unpaired) electrons. The van der Waals surface area contributed by atoms with Crippen molar-refractivity contribution in [3.63, 3.8) is 0 Å². The van der Waals surface area contributed by atoms with Crippen LogP contribution >= 0.6 is 11.6 Å². The average Bonchev–Trinajstić information content (AvgIpc) is 3.13. The third-order valence-corrected chi connectivity index (χ3v) is 10.5. The summed E-state index contributed by atoms with van der Waals surface area (Å²) in [5.74, 6) is 0.229. The van der Waals surface area contributed by atoms with E-state index >= 15 is 0 Å².